The minimum absolute atomic E-state index is 0.0645. The highest BCUT2D eigenvalue weighted by Gasteiger charge is 2.13. The lowest BCUT2D eigenvalue weighted by Gasteiger charge is -2.08. The summed E-state index contributed by atoms with van der Waals surface area (Å²) in [4.78, 5) is 11.3. The van der Waals surface area contributed by atoms with E-state index in [0.29, 0.717) is 22.1 Å². The maximum atomic E-state index is 11.3. The Kier molecular flexibility index (Phi) is 3.62. The maximum Gasteiger partial charge on any atom is 0.171 e. The molecule has 100 valence electrons. The van der Waals surface area contributed by atoms with Crippen LogP contribution < -0.4 is 4.74 Å². The highest BCUT2D eigenvalue weighted by atomic mass is 35.5. The molecule has 0 N–H and O–H groups in total. The van der Waals surface area contributed by atoms with Gasteiger partial charge in [0.25, 0.3) is 0 Å². The van der Waals surface area contributed by atoms with Crippen molar-refractivity contribution < 1.29 is 9.53 Å². The number of rotatable bonds is 3. The van der Waals surface area contributed by atoms with Gasteiger partial charge in [-0.1, -0.05) is 11.6 Å². The lowest BCUT2D eigenvalue weighted by atomic mass is 10.1. The molecule has 0 aliphatic heterocycles. The fraction of sp³-hybridized carbons (Fsp3) is 0.286. The Labute approximate surface area is 116 Å². The number of ketones is 1. The van der Waals surface area contributed by atoms with Crippen LogP contribution in [0.3, 0.4) is 0 Å². The molecule has 0 atom stereocenters. The van der Waals surface area contributed by atoms with Gasteiger partial charge in [-0.25, -0.2) is 0 Å². The Bertz CT molecular complexity index is 647. The summed E-state index contributed by atoms with van der Waals surface area (Å²) in [7, 11) is 1.86. The summed E-state index contributed by atoms with van der Waals surface area (Å²) in [6.07, 6.45) is 0. The molecule has 0 saturated carbocycles. The summed E-state index contributed by atoms with van der Waals surface area (Å²) in [6, 6.07) is 5.04. The molecule has 1 aromatic heterocycles. The van der Waals surface area contributed by atoms with Gasteiger partial charge in [-0.2, -0.15) is 5.10 Å². The van der Waals surface area contributed by atoms with Gasteiger partial charge in [0.15, 0.2) is 11.5 Å². The predicted molar refractivity (Wildman–Crippen MR) is 74.2 cm³/mol. The molecule has 0 unspecified atom stereocenters. The smallest absolute Gasteiger partial charge is 0.171 e. The zero-order valence-electron chi connectivity index (χ0n) is 11.3. The summed E-state index contributed by atoms with van der Waals surface area (Å²) in [5.74, 6) is 1.24. The van der Waals surface area contributed by atoms with Crippen molar-refractivity contribution in [1.29, 1.82) is 0 Å². The van der Waals surface area contributed by atoms with Gasteiger partial charge in [-0.05, 0) is 32.9 Å². The first-order valence-electron chi connectivity index (χ1n) is 5.88. The van der Waals surface area contributed by atoms with E-state index in [1.807, 2.05) is 20.9 Å². The lowest BCUT2D eigenvalue weighted by molar-refractivity contribution is 0.101. The van der Waals surface area contributed by atoms with Crippen LogP contribution in [-0.2, 0) is 7.05 Å². The van der Waals surface area contributed by atoms with Gasteiger partial charge in [0.2, 0.25) is 0 Å². The average molecular weight is 279 g/mol. The molecule has 2 aromatic rings. The van der Waals surface area contributed by atoms with E-state index in [0.717, 1.165) is 11.4 Å². The topological polar surface area (TPSA) is 44.1 Å². The summed E-state index contributed by atoms with van der Waals surface area (Å²) in [5.41, 5.74) is 2.24. The zero-order valence-corrected chi connectivity index (χ0v) is 12.1. The highest BCUT2D eigenvalue weighted by molar-refractivity contribution is 6.34. The second-order valence-corrected chi connectivity index (χ2v) is 4.83. The number of carbonyl (C=O) groups is 1. The van der Waals surface area contributed by atoms with E-state index >= 15 is 0 Å². The first-order valence-corrected chi connectivity index (χ1v) is 6.26. The van der Waals surface area contributed by atoms with Crippen molar-refractivity contribution in [1.82, 2.24) is 9.78 Å². The van der Waals surface area contributed by atoms with Gasteiger partial charge in [0.05, 0.1) is 10.7 Å². The number of benzene rings is 1. The van der Waals surface area contributed by atoms with E-state index in [1.165, 1.54) is 6.92 Å². The van der Waals surface area contributed by atoms with Gasteiger partial charge >= 0.3 is 0 Å². The predicted octanol–water partition coefficient (Wildman–Crippen LogP) is 3.69. The third-order valence-electron chi connectivity index (χ3n) is 2.98. The van der Waals surface area contributed by atoms with Crippen molar-refractivity contribution >= 4 is 17.4 Å². The van der Waals surface area contributed by atoms with E-state index < -0.39 is 0 Å². The van der Waals surface area contributed by atoms with Crippen molar-refractivity contribution in [2.45, 2.75) is 20.8 Å². The maximum absolute atomic E-state index is 11.3. The molecular weight excluding hydrogens is 264 g/mol. The molecule has 0 spiro atoms. The number of carbonyl (C=O) groups excluding carboxylic acids is 1. The second kappa shape index (κ2) is 5.05. The monoisotopic (exact) mass is 278 g/mol. The quantitative estimate of drug-likeness (QED) is 0.805. The van der Waals surface area contributed by atoms with Gasteiger partial charge in [-0.15, -0.1) is 0 Å². The number of aryl methyl sites for hydroxylation is 2. The molecule has 5 heteroatoms. The van der Waals surface area contributed by atoms with Crippen LogP contribution in [0.5, 0.6) is 11.5 Å². The van der Waals surface area contributed by atoms with Crippen molar-refractivity contribution in [3.63, 3.8) is 0 Å². The number of hydrogen-bond acceptors (Lipinski definition) is 3. The standard InChI is InChI=1S/C14H15ClN2O2/c1-8-14(9(2)17(4)16-8)19-11-5-6-12(10(3)18)13(15)7-11/h5-7H,1-4H3. The molecule has 0 aliphatic rings. The van der Waals surface area contributed by atoms with Crippen molar-refractivity contribution in [2.75, 3.05) is 0 Å². The SMILES string of the molecule is CC(=O)c1ccc(Oc2c(C)nn(C)c2C)cc1Cl. The normalized spacial score (nSPS) is 10.6. The van der Waals surface area contributed by atoms with E-state index in [2.05, 4.69) is 5.10 Å². The first kappa shape index (κ1) is 13.6. The van der Waals surface area contributed by atoms with Gasteiger partial charge in [-0.3, -0.25) is 9.48 Å². The van der Waals surface area contributed by atoms with Crippen molar-refractivity contribution in [2.24, 2.45) is 7.05 Å². The Morgan fingerprint density at radius 2 is 2.05 bits per heavy atom. The first-order chi connectivity index (χ1) is 8.90. The molecule has 0 bridgehead atoms. The van der Waals surface area contributed by atoms with Crippen molar-refractivity contribution in [3.8, 4) is 11.5 Å². The Morgan fingerprint density at radius 1 is 1.37 bits per heavy atom. The Balaban J connectivity index is 2.34. The van der Waals surface area contributed by atoms with Crippen LogP contribution >= 0.6 is 11.6 Å². The van der Waals surface area contributed by atoms with Gasteiger partial charge in [0.1, 0.15) is 11.4 Å². The Hall–Kier alpha value is -1.81. The van der Waals surface area contributed by atoms with Crippen LogP contribution in [0.15, 0.2) is 18.2 Å². The number of hydrogen-bond donors (Lipinski definition) is 0. The minimum atomic E-state index is -0.0645. The third-order valence-corrected chi connectivity index (χ3v) is 3.30. The molecule has 2 rings (SSSR count). The van der Waals surface area contributed by atoms with E-state index in [-0.39, 0.29) is 5.78 Å². The number of ether oxygens (including phenoxy) is 1. The van der Waals surface area contributed by atoms with E-state index in [9.17, 15) is 4.79 Å². The summed E-state index contributed by atoms with van der Waals surface area (Å²) < 4.78 is 7.56. The molecule has 1 heterocycles. The minimum Gasteiger partial charge on any atom is -0.453 e. The second-order valence-electron chi connectivity index (χ2n) is 4.42. The third kappa shape index (κ3) is 2.63. The summed E-state index contributed by atoms with van der Waals surface area (Å²) >= 11 is 6.05. The number of Topliss-reactive ketones (excluding diaryl/α,β-unsaturated/α-hetero) is 1. The lowest BCUT2D eigenvalue weighted by Crippen LogP contribution is -1.95. The molecule has 0 radical (unpaired) electrons. The fourth-order valence-corrected chi connectivity index (χ4v) is 2.17. The molecule has 19 heavy (non-hydrogen) atoms. The van der Waals surface area contributed by atoms with E-state index in [4.69, 9.17) is 16.3 Å². The van der Waals surface area contributed by atoms with Gasteiger partial charge < -0.3 is 4.74 Å². The fourth-order valence-electron chi connectivity index (χ4n) is 1.86. The number of aromatic nitrogens is 2. The number of halogens is 1. The van der Waals surface area contributed by atoms with Crippen LogP contribution in [-0.4, -0.2) is 15.6 Å². The van der Waals surface area contributed by atoms with Crippen LogP contribution in [0.1, 0.15) is 28.7 Å². The van der Waals surface area contributed by atoms with Crippen LogP contribution in [0.4, 0.5) is 0 Å². The van der Waals surface area contributed by atoms with Crippen LogP contribution in [0.2, 0.25) is 5.02 Å². The Morgan fingerprint density at radius 3 is 2.53 bits per heavy atom. The molecule has 1 aromatic carbocycles. The van der Waals surface area contributed by atoms with Crippen LogP contribution in [0, 0.1) is 13.8 Å². The molecule has 0 aliphatic carbocycles. The van der Waals surface area contributed by atoms with E-state index in [1.54, 1.807) is 22.9 Å². The zero-order chi connectivity index (χ0) is 14.2. The average Bonchev–Trinajstić information content (AvgIpc) is 2.56. The molecule has 4 nitrogen and oxygen atoms in total. The summed E-state index contributed by atoms with van der Waals surface area (Å²) in [6.45, 7) is 5.30. The molecule has 0 fully saturated rings. The molecule has 0 amide bonds. The highest BCUT2D eigenvalue weighted by Crippen LogP contribution is 2.30. The molecular formula is C14H15ClN2O2. The van der Waals surface area contributed by atoms with Gasteiger partial charge in [0, 0.05) is 18.7 Å². The van der Waals surface area contributed by atoms with Crippen molar-refractivity contribution in [3.05, 3.63) is 40.2 Å². The summed E-state index contributed by atoms with van der Waals surface area (Å²) in [5, 5.41) is 4.67. The largest absolute Gasteiger partial charge is 0.453 e. The van der Waals surface area contributed by atoms with Crippen LogP contribution in [0.25, 0.3) is 0 Å². The molecule has 0 saturated heterocycles. The number of nitrogens with zero attached hydrogens (tertiary/aromatic N) is 2.